The third kappa shape index (κ3) is 2.95. The lowest BCUT2D eigenvalue weighted by Gasteiger charge is -2.53. The number of rotatable bonds is 2. The highest BCUT2D eigenvalue weighted by atomic mass is 35.5. The largest absolute Gasteiger partial charge is 0.486 e. The molecule has 138 valence electrons. The van der Waals surface area contributed by atoms with Crippen LogP contribution in [0.4, 0.5) is 0 Å². The van der Waals surface area contributed by atoms with Crippen LogP contribution in [0.1, 0.15) is 43.0 Å². The number of piperidine rings is 1. The van der Waals surface area contributed by atoms with Gasteiger partial charge in [-0.3, -0.25) is 4.90 Å². The van der Waals surface area contributed by atoms with Crippen LogP contribution in [0.3, 0.4) is 0 Å². The van der Waals surface area contributed by atoms with Crippen molar-refractivity contribution in [1.82, 2.24) is 9.88 Å². The minimum Gasteiger partial charge on any atom is -0.486 e. The highest BCUT2D eigenvalue weighted by molar-refractivity contribution is 7.07. The van der Waals surface area contributed by atoms with E-state index in [-0.39, 0.29) is 11.7 Å². The number of hydrogen-bond acceptors (Lipinski definition) is 5. The minimum absolute atomic E-state index is 0.107. The van der Waals surface area contributed by atoms with Crippen molar-refractivity contribution in [3.8, 4) is 5.75 Å². The Kier molecular flexibility index (Phi) is 4.44. The maximum absolute atomic E-state index is 6.69. The molecular weight excluding hydrogens is 368 g/mol. The normalized spacial score (nSPS) is 27.6. The molecule has 0 saturated carbocycles. The summed E-state index contributed by atoms with van der Waals surface area (Å²) < 4.78 is 12.9. The molecule has 5 rings (SSSR count). The summed E-state index contributed by atoms with van der Waals surface area (Å²) in [5, 5.41) is 2.90. The van der Waals surface area contributed by atoms with Crippen LogP contribution in [-0.4, -0.2) is 35.2 Å². The van der Waals surface area contributed by atoms with Gasteiger partial charge in [-0.25, -0.2) is 4.98 Å². The smallest absolute Gasteiger partial charge is 0.126 e. The van der Waals surface area contributed by atoms with Gasteiger partial charge in [-0.05, 0) is 31.0 Å². The summed E-state index contributed by atoms with van der Waals surface area (Å²) >= 11 is 7.92. The predicted molar refractivity (Wildman–Crippen MR) is 103 cm³/mol. The number of halogens is 1. The summed E-state index contributed by atoms with van der Waals surface area (Å²) in [6.45, 7) is 3.86. The number of likely N-dealkylation sites (tertiary alicyclic amines) is 1. The molecule has 0 radical (unpaired) electrons. The maximum atomic E-state index is 6.69. The molecule has 2 aromatic rings. The van der Waals surface area contributed by atoms with Gasteiger partial charge in [0.2, 0.25) is 0 Å². The van der Waals surface area contributed by atoms with Crippen LogP contribution in [0.15, 0.2) is 29.1 Å². The molecule has 4 heterocycles. The topological polar surface area (TPSA) is 34.6 Å². The molecule has 3 aliphatic heterocycles. The van der Waals surface area contributed by atoms with Gasteiger partial charge in [0, 0.05) is 61.0 Å². The molecular formula is C20H23ClN2O2S. The average Bonchev–Trinajstić information content (AvgIpc) is 3.18. The molecule has 2 atom stereocenters. The summed E-state index contributed by atoms with van der Waals surface area (Å²) in [6, 6.07) is 5.98. The molecule has 2 saturated heterocycles. The molecule has 1 spiro atoms. The van der Waals surface area contributed by atoms with Crippen molar-refractivity contribution >= 4 is 22.9 Å². The third-order valence-corrected chi connectivity index (χ3v) is 7.03. The molecule has 0 unspecified atom stereocenters. The highest BCUT2D eigenvalue weighted by Gasteiger charge is 2.52. The van der Waals surface area contributed by atoms with Crippen LogP contribution in [0, 0.1) is 5.92 Å². The molecule has 3 aliphatic rings. The lowest BCUT2D eigenvalue weighted by atomic mass is 9.70. The number of ether oxygens (including phenoxy) is 2. The van der Waals surface area contributed by atoms with Crippen LogP contribution in [0.5, 0.6) is 5.75 Å². The molecule has 0 bridgehead atoms. The molecule has 2 fully saturated rings. The number of fused-ring (bicyclic) bond motifs is 4. The zero-order valence-electron chi connectivity index (χ0n) is 14.7. The fraction of sp³-hybridized carbons (Fsp3) is 0.550. The van der Waals surface area contributed by atoms with Crippen molar-refractivity contribution in [3.63, 3.8) is 0 Å². The van der Waals surface area contributed by atoms with E-state index >= 15 is 0 Å². The maximum Gasteiger partial charge on any atom is 0.126 e. The van der Waals surface area contributed by atoms with Gasteiger partial charge in [-0.2, -0.15) is 0 Å². The highest BCUT2D eigenvalue weighted by Crippen LogP contribution is 2.53. The van der Waals surface area contributed by atoms with E-state index in [2.05, 4.69) is 15.3 Å². The molecule has 4 nitrogen and oxygen atoms in total. The lowest BCUT2D eigenvalue weighted by Crippen LogP contribution is -2.57. The van der Waals surface area contributed by atoms with Gasteiger partial charge in [0.25, 0.3) is 0 Å². The second kappa shape index (κ2) is 6.79. The SMILES string of the molecule is Clc1ccc2c(c1)[C@H]1OCCC[C@@H]1C1(CCN(Cc3cscn3)CC1)O2. The summed E-state index contributed by atoms with van der Waals surface area (Å²) in [5.74, 6) is 1.38. The number of benzene rings is 1. The van der Waals surface area contributed by atoms with Gasteiger partial charge >= 0.3 is 0 Å². The van der Waals surface area contributed by atoms with Crippen molar-refractivity contribution < 1.29 is 9.47 Å². The monoisotopic (exact) mass is 390 g/mol. The zero-order chi connectivity index (χ0) is 17.6. The Bertz CT molecular complexity index is 774. The van der Waals surface area contributed by atoms with Crippen LogP contribution in [0.25, 0.3) is 0 Å². The number of thiazole rings is 1. The van der Waals surface area contributed by atoms with Crippen molar-refractivity contribution in [1.29, 1.82) is 0 Å². The van der Waals surface area contributed by atoms with Crippen molar-refractivity contribution in [2.75, 3.05) is 19.7 Å². The van der Waals surface area contributed by atoms with Crippen LogP contribution in [0.2, 0.25) is 5.02 Å². The second-order valence-electron chi connectivity index (χ2n) is 7.65. The van der Waals surface area contributed by atoms with E-state index in [0.29, 0.717) is 5.92 Å². The standard InChI is InChI=1S/C20H23ClN2O2S/c21-14-3-4-18-16(10-14)19-17(2-1-9-24-19)20(25-18)5-7-23(8-6-20)11-15-12-26-13-22-15/h3-4,10,12-13,17,19H,1-2,5-9,11H2/t17-,19+/m0/s1. The Labute approximate surface area is 163 Å². The summed E-state index contributed by atoms with van der Waals surface area (Å²) in [4.78, 5) is 6.93. The Hall–Kier alpha value is -1.14. The van der Waals surface area contributed by atoms with Crippen LogP contribution in [-0.2, 0) is 11.3 Å². The van der Waals surface area contributed by atoms with Gasteiger partial charge in [-0.15, -0.1) is 11.3 Å². The van der Waals surface area contributed by atoms with Crippen molar-refractivity contribution in [2.24, 2.45) is 5.92 Å². The molecule has 6 heteroatoms. The molecule has 0 aliphatic carbocycles. The fourth-order valence-corrected chi connectivity index (χ4v) is 5.59. The predicted octanol–water partition coefficient (Wildman–Crippen LogP) is 4.69. The van der Waals surface area contributed by atoms with Gasteiger partial charge < -0.3 is 9.47 Å². The summed E-state index contributed by atoms with van der Waals surface area (Å²) in [6.07, 6.45) is 4.50. The summed E-state index contributed by atoms with van der Waals surface area (Å²) in [5.41, 5.74) is 4.12. The Morgan fingerprint density at radius 3 is 3.00 bits per heavy atom. The van der Waals surface area contributed by atoms with Crippen molar-refractivity contribution in [3.05, 3.63) is 45.4 Å². The number of aromatic nitrogens is 1. The average molecular weight is 391 g/mol. The van der Waals surface area contributed by atoms with Crippen LogP contribution < -0.4 is 4.74 Å². The molecule has 1 aromatic carbocycles. The van der Waals surface area contributed by atoms with E-state index in [9.17, 15) is 0 Å². The molecule has 26 heavy (non-hydrogen) atoms. The van der Waals surface area contributed by atoms with Gasteiger partial charge in [-0.1, -0.05) is 11.6 Å². The first kappa shape index (κ1) is 17.0. The summed E-state index contributed by atoms with van der Waals surface area (Å²) in [7, 11) is 0. The Morgan fingerprint density at radius 1 is 1.31 bits per heavy atom. The van der Waals surface area contributed by atoms with E-state index < -0.39 is 0 Å². The van der Waals surface area contributed by atoms with E-state index in [4.69, 9.17) is 21.1 Å². The van der Waals surface area contributed by atoms with Gasteiger partial charge in [0.05, 0.1) is 17.3 Å². The van der Waals surface area contributed by atoms with E-state index in [1.165, 1.54) is 12.1 Å². The number of nitrogens with zero attached hydrogens (tertiary/aromatic N) is 2. The van der Waals surface area contributed by atoms with E-state index in [0.717, 1.165) is 61.8 Å². The molecule has 0 N–H and O–H groups in total. The first-order valence-corrected chi connectivity index (χ1v) is 10.8. The van der Waals surface area contributed by atoms with Crippen LogP contribution >= 0.6 is 22.9 Å². The Balaban J connectivity index is 1.39. The van der Waals surface area contributed by atoms with E-state index in [1.807, 2.05) is 23.7 Å². The lowest BCUT2D eigenvalue weighted by molar-refractivity contribution is -0.150. The second-order valence-corrected chi connectivity index (χ2v) is 8.80. The molecule has 0 amide bonds. The first-order valence-electron chi connectivity index (χ1n) is 9.43. The minimum atomic E-state index is -0.107. The van der Waals surface area contributed by atoms with Gasteiger partial charge in [0.15, 0.2) is 0 Å². The van der Waals surface area contributed by atoms with Crippen molar-refractivity contribution in [2.45, 2.75) is 43.9 Å². The zero-order valence-corrected chi connectivity index (χ0v) is 16.3. The molecule has 1 aromatic heterocycles. The fourth-order valence-electron chi connectivity index (χ4n) is 4.86. The Morgan fingerprint density at radius 2 is 2.19 bits per heavy atom. The van der Waals surface area contributed by atoms with Gasteiger partial charge in [0.1, 0.15) is 11.4 Å². The quantitative estimate of drug-likeness (QED) is 0.744. The first-order chi connectivity index (χ1) is 12.7. The number of hydrogen-bond donors (Lipinski definition) is 0. The third-order valence-electron chi connectivity index (χ3n) is 6.16. The van der Waals surface area contributed by atoms with E-state index in [1.54, 1.807) is 11.3 Å².